The van der Waals surface area contributed by atoms with Crippen molar-refractivity contribution in [1.82, 2.24) is 30.4 Å². The minimum Gasteiger partial charge on any atom is -0.351 e. The van der Waals surface area contributed by atoms with Gasteiger partial charge in [0.2, 0.25) is 5.82 Å². The van der Waals surface area contributed by atoms with E-state index in [1.54, 1.807) is 0 Å². The molecule has 4 aromatic rings. The van der Waals surface area contributed by atoms with Crippen LogP contribution in [0.25, 0.3) is 22.5 Å². The van der Waals surface area contributed by atoms with Crippen molar-refractivity contribution in [2.75, 3.05) is 6.67 Å². The van der Waals surface area contributed by atoms with Crippen LogP contribution in [0.2, 0.25) is 0 Å². The average molecular weight is 519 g/mol. The third kappa shape index (κ3) is 5.56. The number of nitrogens with zero attached hydrogens (tertiary/aromatic N) is 5. The van der Waals surface area contributed by atoms with Gasteiger partial charge < -0.3 is 9.80 Å². The topological polar surface area (TPSA) is 60.9 Å². The largest absolute Gasteiger partial charge is 0.432 e. The molecule has 0 aliphatic carbocycles. The molecular weight excluding hydrogens is 489 g/mol. The number of halogens is 3. The van der Waals surface area contributed by atoms with Crippen molar-refractivity contribution in [3.05, 3.63) is 101 Å². The summed E-state index contributed by atoms with van der Waals surface area (Å²) in [4.78, 5) is 3.35. The Balaban J connectivity index is 1.41. The van der Waals surface area contributed by atoms with E-state index < -0.39 is 11.9 Å². The maximum absolute atomic E-state index is 14.4. The van der Waals surface area contributed by atoms with Gasteiger partial charge in [-0.05, 0) is 40.3 Å². The first-order chi connectivity index (χ1) is 18.4. The quantitative estimate of drug-likeness (QED) is 0.265. The molecule has 0 spiro atoms. The summed E-state index contributed by atoms with van der Waals surface area (Å²) in [6, 6.07) is 25.1. The molecule has 0 amide bonds. The molecule has 9 heteroatoms. The minimum absolute atomic E-state index is 0.200. The Kier molecular flexibility index (Phi) is 7.44. The average Bonchev–Trinajstić information content (AvgIpc) is 3.57. The van der Waals surface area contributed by atoms with Crippen LogP contribution in [0, 0.1) is 0 Å². The number of tetrazole rings is 1. The molecule has 1 N–H and O–H groups in total. The molecule has 196 valence electrons. The molecule has 0 unspecified atom stereocenters. The van der Waals surface area contributed by atoms with Crippen LogP contribution in [0.5, 0.6) is 0 Å². The van der Waals surface area contributed by atoms with Crippen molar-refractivity contribution in [2.45, 2.75) is 45.5 Å². The predicted octanol–water partition coefficient (Wildman–Crippen LogP) is 6.77. The van der Waals surface area contributed by atoms with Crippen LogP contribution in [0.3, 0.4) is 0 Å². The highest BCUT2D eigenvalue weighted by Gasteiger charge is 2.45. The molecule has 6 nitrogen and oxygen atoms in total. The van der Waals surface area contributed by atoms with Gasteiger partial charge in [-0.25, -0.2) is 0 Å². The second kappa shape index (κ2) is 11.1. The van der Waals surface area contributed by atoms with Crippen LogP contribution in [-0.2, 0) is 13.1 Å². The number of aromatic amines is 1. The second-order valence-corrected chi connectivity index (χ2v) is 9.40. The first kappa shape index (κ1) is 25.5. The van der Waals surface area contributed by atoms with Crippen molar-refractivity contribution in [2.24, 2.45) is 0 Å². The van der Waals surface area contributed by atoms with Gasteiger partial charge in [-0.3, -0.25) is 0 Å². The van der Waals surface area contributed by atoms with E-state index in [0.29, 0.717) is 30.9 Å². The third-order valence-electron chi connectivity index (χ3n) is 6.72. The molecule has 1 aliphatic heterocycles. The number of H-pyrrole nitrogens is 1. The van der Waals surface area contributed by atoms with Crippen LogP contribution in [0.1, 0.15) is 37.3 Å². The Morgan fingerprint density at radius 1 is 0.816 bits per heavy atom. The van der Waals surface area contributed by atoms with Crippen LogP contribution >= 0.6 is 0 Å². The lowest BCUT2D eigenvalue weighted by molar-refractivity contribution is -0.110. The first-order valence-corrected chi connectivity index (χ1v) is 12.7. The zero-order valence-corrected chi connectivity index (χ0v) is 21.1. The van der Waals surface area contributed by atoms with Gasteiger partial charge in [0.05, 0.1) is 6.67 Å². The van der Waals surface area contributed by atoms with Gasteiger partial charge in [0.15, 0.2) is 0 Å². The molecule has 2 heterocycles. The second-order valence-electron chi connectivity index (χ2n) is 9.40. The number of aromatic nitrogens is 4. The van der Waals surface area contributed by atoms with Crippen molar-refractivity contribution >= 4 is 0 Å². The fourth-order valence-electron chi connectivity index (χ4n) is 4.95. The zero-order valence-electron chi connectivity index (χ0n) is 21.1. The third-order valence-corrected chi connectivity index (χ3v) is 6.72. The van der Waals surface area contributed by atoms with E-state index >= 15 is 0 Å². The van der Waals surface area contributed by atoms with Crippen molar-refractivity contribution in [3.63, 3.8) is 0 Å². The van der Waals surface area contributed by atoms with Gasteiger partial charge in [0.25, 0.3) is 0 Å². The van der Waals surface area contributed by atoms with Gasteiger partial charge in [-0.1, -0.05) is 92.2 Å². The Labute approximate surface area is 219 Å². The van der Waals surface area contributed by atoms with Crippen molar-refractivity contribution in [3.8, 4) is 22.5 Å². The van der Waals surface area contributed by atoms with E-state index in [1.807, 2.05) is 90.7 Å². The summed E-state index contributed by atoms with van der Waals surface area (Å²) in [7, 11) is 0. The summed E-state index contributed by atoms with van der Waals surface area (Å²) in [5.41, 5.74) is 4.45. The maximum atomic E-state index is 14.4. The molecule has 38 heavy (non-hydrogen) atoms. The maximum Gasteiger partial charge on any atom is 0.432 e. The van der Waals surface area contributed by atoms with Gasteiger partial charge >= 0.3 is 6.18 Å². The molecule has 1 aromatic heterocycles. The number of hydrogen-bond acceptors (Lipinski definition) is 5. The number of nitrogens with one attached hydrogen (secondary N) is 1. The molecular formula is C29H29F3N6. The van der Waals surface area contributed by atoms with Gasteiger partial charge in [0, 0.05) is 24.4 Å². The number of unbranched alkanes of at least 4 members (excludes halogenated alkanes) is 1. The molecule has 5 rings (SSSR count). The van der Waals surface area contributed by atoms with Crippen molar-refractivity contribution in [1.29, 1.82) is 0 Å². The van der Waals surface area contributed by atoms with E-state index in [9.17, 15) is 13.2 Å². The van der Waals surface area contributed by atoms with Crippen molar-refractivity contribution < 1.29 is 13.2 Å². The number of allylic oxidation sites excluding steroid dienone is 2. The van der Waals surface area contributed by atoms with Gasteiger partial charge in [-0.15, -0.1) is 10.2 Å². The summed E-state index contributed by atoms with van der Waals surface area (Å²) in [5, 5.41) is 14.3. The smallest absolute Gasteiger partial charge is 0.351 e. The zero-order chi connectivity index (χ0) is 26.5. The first-order valence-electron chi connectivity index (χ1n) is 12.7. The summed E-state index contributed by atoms with van der Waals surface area (Å²) in [6.07, 6.45) is -2.49. The normalized spacial score (nSPS) is 14.0. The van der Waals surface area contributed by atoms with Gasteiger partial charge in [-0.2, -0.15) is 18.4 Å². The number of alkyl halides is 3. The lowest BCUT2D eigenvalue weighted by Gasteiger charge is -2.25. The molecule has 0 saturated carbocycles. The summed E-state index contributed by atoms with van der Waals surface area (Å²) in [6.45, 7) is 2.81. The highest BCUT2D eigenvalue weighted by atomic mass is 19.4. The number of rotatable bonds is 9. The Hall–Kier alpha value is -4.14. The van der Waals surface area contributed by atoms with Crippen LogP contribution < -0.4 is 0 Å². The van der Waals surface area contributed by atoms with Gasteiger partial charge in [0.1, 0.15) is 5.70 Å². The monoisotopic (exact) mass is 518 g/mol. The van der Waals surface area contributed by atoms with Crippen LogP contribution in [-0.4, -0.2) is 43.3 Å². The Bertz CT molecular complexity index is 1370. The molecule has 0 fully saturated rings. The fraction of sp³-hybridized carbons (Fsp3) is 0.276. The fourth-order valence-corrected chi connectivity index (χ4v) is 4.95. The summed E-state index contributed by atoms with van der Waals surface area (Å²) >= 11 is 0. The lowest BCUT2D eigenvalue weighted by Crippen LogP contribution is -2.31. The molecule has 0 radical (unpaired) electrons. The van der Waals surface area contributed by atoms with E-state index in [4.69, 9.17) is 0 Å². The Morgan fingerprint density at radius 2 is 1.47 bits per heavy atom. The summed E-state index contributed by atoms with van der Waals surface area (Å²) in [5.74, 6) is 0.505. The lowest BCUT2D eigenvalue weighted by atomic mass is 9.98. The molecule has 0 bridgehead atoms. The highest BCUT2D eigenvalue weighted by Crippen LogP contribution is 2.40. The minimum atomic E-state index is -4.42. The van der Waals surface area contributed by atoms with E-state index in [-0.39, 0.29) is 13.2 Å². The van der Waals surface area contributed by atoms with E-state index in [1.165, 1.54) is 4.90 Å². The molecule has 0 atom stereocenters. The van der Waals surface area contributed by atoms with Crippen LogP contribution in [0.4, 0.5) is 13.2 Å². The van der Waals surface area contributed by atoms with E-state index in [0.717, 1.165) is 34.2 Å². The SMILES string of the molecule is CCCCC1=C(C(F)(F)F)N(Cc2ccccc2)CN1Cc1ccc(-c2ccccc2-c2nn[nH]n2)cc1. The highest BCUT2D eigenvalue weighted by molar-refractivity contribution is 5.80. The standard InChI is InChI=1S/C29H29F3N6/c1-2-3-13-26-27(29(30,31)32)38(19-21-9-5-4-6-10-21)20-37(26)18-22-14-16-23(17-15-22)24-11-7-8-12-25(24)28-33-35-36-34-28/h4-12,14-17H,2-3,13,18-20H2,1H3,(H,33,34,35,36). The molecule has 1 aliphatic rings. The van der Waals surface area contributed by atoms with E-state index in [2.05, 4.69) is 20.6 Å². The molecule has 3 aromatic carbocycles. The van der Waals surface area contributed by atoms with Crippen LogP contribution in [0.15, 0.2) is 90.3 Å². The predicted molar refractivity (Wildman–Crippen MR) is 140 cm³/mol. The number of benzene rings is 3. The number of hydrogen-bond donors (Lipinski definition) is 1. The summed E-state index contributed by atoms with van der Waals surface area (Å²) < 4.78 is 43.1. The molecule has 0 saturated heterocycles. The Morgan fingerprint density at radius 3 is 2.13 bits per heavy atom.